The number of carbonyl (C=O) groups is 3. The zero-order valence-electron chi connectivity index (χ0n) is 19.0. The Labute approximate surface area is 202 Å². The number of hydrogen-bond acceptors (Lipinski definition) is 8. The highest BCUT2D eigenvalue weighted by Gasteiger charge is 2.50. The molecule has 0 bridgehead atoms. The molecule has 4 rings (SSSR count). The Hall–Kier alpha value is -3.32. The Balaban J connectivity index is 1.33. The number of ketones is 1. The molecule has 2 saturated heterocycles. The molecule has 0 unspecified atom stereocenters. The minimum absolute atomic E-state index is 0.0241. The van der Waals surface area contributed by atoms with E-state index in [0.29, 0.717) is 16.9 Å². The molecule has 0 saturated carbocycles. The standard InChI is InChI=1S/C23H25N3O8S/c1-13(27)15-3-5-17(6-4-15)25-23(29)34-20-12-33-21-19(11-32-22(20)21)26-35(30,31)18-9-7-16(8-10-18)24-14(2)28/h3-10,19-22,26H,11-12H2,1-2H3,(H,24,28)(H,25,29)/t19-,20+,21+,22+/m0/s1. The van der Waals surface area contributed by atoms with E-state index in [1.165, 1.54) is 38.1 Å². The molecule has 11 nitrogen and oxygen atoms in total. The van der Waals surface area contributed by atoms with Crippen LogP contribution in [0.25, 0.3) is 0 Å². The molecular formula is C23H25N3O8S. The average molecular weight is 504 g/mol. The number of fused-ring (bicyclic) bond motifs is 1. The number of Topliss-reactive ketones (excluding diaryl/α,β-unsaturated/α-hetero) is 1. The van der Waals surface area contributed by atoms with E-state index < -0.39 is 40.5 Å². The van der Waals surface area contributed by atoms with Crippen LogP contribution in [-0.2, 0) is 29.0 Å². The zero-order chi connectivity index (χ0) is 25.2. The van der Waals surface area contributed by atoms with Crippen LogP contribution >= 0.6 is 0 Å². The molecule has 2 aliphatic rings. The van der Waals surface area contributed by atoms with Crippen LogP contribution in [-0.4, -0.2) is 63.8 Å². The largest absolute Gasteiger partial charge is 0.441 e. The molecule has 0 aromatic heterocycles. The fraction of sp³-hybridized carbons (Fsp3) is 0.348. The summed E-state index contributed by atoms with van der Waals surface area (Å²) in [7, 11) is -3.89. The van der Waals surface area contributed by atoms with Crippen molar-refractivity contribution in [2.75, 3.05) is 23.8 Å². The summed E-state index contributed by atoms with van der Waals surface area (Å²) in [5.74, 6) is -0.346. The van der Waals surface area contributed by atoms with Gasteiger partial charge in [-0.05, 0) is 55.5 Å². The first-order chi connectivity index (χ1) is 16.6. The monoisotopic (exact) mass is 503 g/mol. The Morgan fingerprint density at radius 3 is 2.09 bits per heavy atom. The van der Waals surface area contributed by atoms with Crippen molar-refractivity contribution < 1.29 is 37.0 Å². The number of sulfonamides is 1. The second-order valence-electron chi connectivity index (χ2n) is 8.23. The van der Waals surface area contributed by atoms with Crippen molar-refractivity contribution in [2.45, 2.75) is 43.1 Å². The third-order valence-corrected chi connectivity index (χ3v) is 7.10. The van der Waals surface area contributed by atoms with Crippen LogP contribution in [0.3, 0.4) is 0 Å². The second kappa shape index (κ2) is 10.1. The summed E-state index contributed by atoms with van der Waals surface area (Å²) in [5.41, 5.74) is 1.46. The lowest BCUT2D eigenvalue weighted by Crippen LogP contribution is -2.44. The maximum atomic E-state index is 12.8. The summed E-state index contributed by atoms with van der Waals surface area (Å²) in [6.45, 7) is 2.91. The summed E-state index contributed by atoms with van der Waals surface area (Å²) in [6.07, 6.45) is -2.70. The Bertz CT molecular complexity index is 1210. The van der Waals surface area contributed by atoms with Crippen LogP contribution in [0.4, 0.5) is 16.2 Å². The van der Waals surface area contributed by atoms with Gasteiger partial charge in [0.2, 0.25) is 15.9 Å². The molecule has 2 heterocycles. The van der Waals surface area contributed by atoms with Crippen LogP contribution in [0.2, 0.25) is 0 Å². The van der Waals surface area contributed by atoms with Crippen LogP contribution in [0, 0.1) is 0 Å². The van der Waals surface area contributed by atoms with Crippen molar-refractivity contribution >= 4 is 39.2 Å². The minimum Gasteiger partial charge on any atom is -0.441 e. The first-order valence-corrected chi connectivity index (χ1v) is 12.3. The highest BCUT2D eigenvalue weighted by Crippen LogP contribution is 2.30. The van der Waals surface area contributed by atoms with Gasteiger partial charge in [0.1, 0.15) is 12.2 Å². The van der Waals surface area contributed by atoms with E-state index in [4.69, 9.17) is 14.2 Å². The van der Waals surface area contributed by atoms with Gasteiger partial charge in [-0.3, -0.25) is 14.9 Å². The quantitative estimate of drug-likeness (QED) is 0.485. The number of ether oxygens (including phenoxy) is 3. The van der Waals surface area contributed by atoms with Gasteiger partial charge in [-0.2, -0.15) is 0 Å². The SMILES string of the molecule is CC(=O)Nc1ccc(S(=O)(=O)N[C@H]2CO[C@H]3[C@@H]2OC[C@H]3OC(=O)Nc2ccc(C(C)=O)cc2)cc1. The smallest absolute Gasteiger partial charge is 0.412 e. The topological polar surface area (TPSA) is 149 Å². The predicted molar refractivity (Wildman–Crippen MR) is 125 cm³/mol. The van der Waals surface area contributed by atoms with E-state index in [1.54, 1.807) is 24.3 Å². The predicted octanol–water partition coefficient (Wildman–Crippen LogP) is 1.91. The van der Waals surface area contributed by atoms with E-state index >= 15 is 0 Å². The summed E-state index contributed by atoms with van der Waals surface area (Å²) in [4.78, 5) is 34.8. The lowest BCUT2D eigenvalue weighted by Gasteiger charge is -2.18. The summed E-state index contributed by atoms with van der Waals surface area (Å²) < 4.78 is 45.0. The minimum atomic E-state index is -3.89. The number of amides is 2. The van der Waals surface area contributed by atoms with E-state index in [9.17, 15) is 22.8 Å². The third-order valence-electron chi connectivity index (χ3n) is 5.60. The number of nitrogens with one attached hydrogen (secondary N) is 3. The van der Waals surface area contributed by atoms with Gasteiger partial charge in [-0.1, -0.05) is 0 Å². The molecule has 186 valence electrons. The van der Waals surface area contributed by atoms with Crippen molar-refractivity contribution in [1.82, 2.24) is 4.72 Å². The number of benzene rings is 2. The number of rotatable bonds is 7. The van der Waals surface area contributed by atoms with E-state index in [-0.39, 0.29) is 29.8 Å². The fourth-order valence-corrected chi connectivity index (χ4v) is 5.16. The van der Waals surface area contributed by atoms with Gasteiger partial charge < -0.3 is 19.5 Å². The molecule has 0 aliphatic carbocycles. The molecule has 2 aromatic carbocycles. The highest BCUT2D eigenvalue weighted by molar-refractivity contribution is 7.89. The molecule has 12 heteroatoms. The van der Waals surface area contributed by atoms with Crippen molar-refractivity contribution in [3.8, 4) is 0 Å². The van der Waals surface area contributed by atoms with Crippen LogP contribution in [0.1, 0.15) is 24.2 Å². The van der Waals surface area contributed by atoms with E-state index in [2.05, 4.69) is 15.4 Å². The molecule has 4 atom stereocenters. The average Bonchev–Trinajstić information content (AvgIpc) is 3.37. The normalized spacial score (nSPS) is 23.4. The molecule has 0 spiro atoms. The first kappa shape index (κ1) is 24.8. The lowest BCUT2D eigenvalue weighted by atomic mass is 10.1. The summed E-state index contributed by atoms with van der Waals surface area (Å²) >= 11 is 0. The maximum absolute atomic E-state index is 12.8. The van der Waals surface area contributed by atoms with E-state index in [0.717, 1.165) is 0 Å². The maximum Gasteiger partial charge on any atom is 0.412 e. The van der Waals surface area contributed by atoms with Crippen LogP contribution in [0.5, 0.6) is 0 Å². The molecule has 0 radical (unpaired) electrons. The third kappa shape index (κ3) is 5.85. The summed E-state index contributed by atoms with van der Waals surface area (Å²) in [5, 5.41) is 5.16. The van der Waals surface area contributed by atoms with Gasteiger partial charge in [-0.15, -0.1) is 0 Å². The molecule has 2 aromatic rings. The van der Waals surface area contributed by atoms with Gasteiger partial charge in [0.05, 0.1) is 24.2 Å². The van der Waals surface area contributed by atoms with Gasteiger partial charge in [0.25, 0.3) is 0 Å². The Morgan fingerprint density at radius 1 is 0.857 bits per heavy atom. The van der Waals surface area contributed by atoms with Gasteiger partial charge in [0, 0.05) is 23.9 Å². The molecule has 3 N–H and O–H groups in total. The molecular weight excluding hydrogens is 478 g/mol. The fourth-order valence-electron chi connectivity index (χ4n) is 3.93. The highest BCUT2D eigenvalue weighted by atomic mass is 32.2. The first-order valence-electron chi connectivity index (χ1n) is 10.8. The molecule has 2 aliphatic heterocycles. The van der Waals surface area contributed by atoms with Gasteiger partial charge in [0.15, 0.2) is 11.9 Å². The number of hydrogen-bond donors (Lipinski definition) is 3. The second-order valence-corrected chi connectivity index (χ2v) is 9.95. The lowest BCUT2D eigenvalue weighted by molar-refractivity contribution is -0.114. The van der Waals surface area contributed by atoms with Crippen molar-refractivity contribution in [3.63, 3.8) is 0 Å². The van der Waals surface area contributed by atoms with Gasteiger partial charge in [-0.25, -0.2) is 17.9 Å². The summed E-state index contributed by atoms with van der Waals surface area (Å²) in [6, 6.07) is 11.4. The number of anilines is 2. The van der Waals surface area contributed by atoms with Crippen molar-refractivity contribution in [3.05, 3.63) is 54.1 Å². The molecule has 35 heavy (non-hydrogen) atoms. The van der Waals surface area contributed by atoms with Crippen molar-refractivity contribution in [1.29, 1.82) is 0 Å². The van der Waals surface area contributed by atoms with E-state index in [1.807, 2.05) is 0 Å². The Kier molecular flexibility index (Phi) is 7.17. The number of carbonyl (C=O) groups excluding carboxylic acids is 3. The molecule has 2 amide bonds. The van der Waals surface area contributed by atoms with Gasteiger partial charge >= 0.3 is 6.09 Å². The van der Waals surface area contributed by atoms with Crippen LogP contribution < -0.4 is 15.4 Å². The van der Waals surface area contributed by atoms with Crippen LogP contribution in [0.15, 0.2) is 53.4 Å². The Morgan fingerprint density at radius 2 is 1.46 bits per heavy atom. The molecule has 2 fully saturated rings. The zero-order valence-corrected chi connectivity index (χ0v) is 19.8. The van der Waals surface area contributed by atoms with Crippen molar-refractivity contribution in [2.24, 2.45) is 0 Å².